The third kappa shape index (κ3) is 2.29. The largest absolute Gasteiger partial charge is 0.505 e. The van der Waals surface area contributed by atoms with E-state index in [-0.39, 0.29) is 6.42 Å². The Kier molecular flexibility index (Phi) is 3.02. The molecule has 0 aromatic heterocycles. The number of hydrogen-bond acceptors (Lipinski definition) is 1. The SMILES string of the molecule is C=CCc1c(C(F)(F)F)ccc(F)c1O. The molecule has 15 heavy (non-hydrogen) atoms. The zero-order valence-electron chi connectivity index (χ0n) is 7.61. The maximum Gasteiger partial charge on any atom is 0.416 e. The van der Waals surface area contributed by atoms with E-state index < -0.39 is 28.9 Å². The number of hydrogen-bond donors (Lipinski definition) is 1. The normalized spacial score (nSPS) is 11.5. The van der Waals surface area contributed by atoms with Gasteiger partial charge in [-0.15, -0.1) is 6.58 Å². The molecule has 0 amide bonds. The molecule has 1 aromatic carbocycles. The van der Waals surface area contributed by atoms with Gasteiger partial charge in [0.25, 0.3) is 0 Å². The molecule has 0 atom stereocenters. The second kappa shape index (κ2) is 3.92. The minimum Gasteiger partial charge on any atom is -0.505 e. The van der Waals surface area contributed by atoms with Gasteiger partial charge in [-0.2, -0.15) is 13.2 Å². The second-order valence-corrected chi connectivity index (χ2v) is 2.91. The molecule has 0 spiro atoms. The first-order valence-electron chi connectivity index (χ1n) is 4.06. The molecule has 0 unspecified atom stereocenters. The minimum absolute atomic E-state index is 0.238. The molecule has 1 nitrogen and oxygen atoms in total. The van der Waals surface area contributed by atoms with Crippen LogP contribution in [0.15, 0.2) is 24.8 Å². The molecule has 0 aliphatic heterocycles. The summed E-state index contributed by atoms with van der Waals surface area (Å²) in [4.78, 5) is 0. The summed E-state index contributed by atoms with van der Waals surface area (Å²) in [5.74, 6) is -2.04. The van der Waals surface area contributed by atoms with Crippen LogP contribution in [0.1, 0.15) is 11.1 Å². The van der Waals surface area contributed by atoms with Gasteiger partial charge in [0.1, 0.15) is 0 Å². The molecule has 1 rings (SSSR count). The molecule has 0 bridgehead atoms. The number of alkyl halides is 3. The fourth-order valence-corrected chi connectivity index (χ4v) is 1.22. The lowest BCUT2D eigenvalue weighted by Gasteiger charge is -2.13. The summed E-state index contributed by atoms with van der Waals surface area (Å²) in [6.07, 6.45) is -3.67. The van der Waals surface area contributed by atoms with Crippen molar-refractivity contribution in [2.75, 3.05) is 0 Å². The lowest BCUT2D eigenvalue weighted by Crippen LogP contribution is -2.09. The highest BCUT2D eigenvalue weighted by Crippen LogP contribution is 2.37. The van der Waals surface area contributed by atoms with Crippen molar-refractivity contribution < 1.29 is 22.7 Å². The number of benzene rings is 1. The molecule has 82 valence electrons. The summed E-state index contributed by atoms with van der Waals surface area (Å²) in [7, 11) is 0. The van der Waals surface area contributed by atoms with Gasteiger partial charge in [-0.1, -0.05) is 6.08 Å². The predicted octanol–water partition coefficient (Wildman–Crippen LogP) is 3.28. The standard InChI is InChI=1S/C10H8F4O/c1-2-3-6-7(10(12,13)14)4-5-8(11)9(6)15/h2,4-5,15H,1,3H2. The number of phenolic OH excluding ortho intramolecular Hbond substituents is 1. The van der Waals surface area contributed by atoms with Crippen LogP contribution in [0.4, 0.5) is 17.6 Å². The van der Waals surface area contributed by atoms with Crippen molar-refractivity contribution in [3.05, 3.63) is 41.7 Å². The maximum atomic E-state index is 12.8. The average molecular weight is 220 g/mol. The number of allylic oxidation sites excluding steroid dienone is 1. The van der Waals surface area contributed by atoms with Crippen LogP contribution in [-0.4, -0.2) is 5.11 Å². The monoisotopic (exact) mass is 220 g/mol. The average Bonchev–Trinajstić information content (AvgIpc) is 2.11. The molecule has 0 heterocycles. The Balaban J connectivity index is 3.39. The Morgan fingerprint density at radius 3 is 2.40 bits per heavy atom. The van der Waals surface area contributed by atoms with Gasteiger partial charge in [0.05, 0.1) is 5.56 Å². The molecule has 0 radical (unpaired) electrons. The molecular weight excluding hydrogens is 212 g/mol. The predicted molar refractivity (Wildman–Crippen MR) is 47.0 cm³/mol. The van der Waals surface area contributed by atoms with E-state index in [9.17, 15) is 17.6 Å². The van der Waals surface area contributed by atoms with Crippen molar-refractivity contribution in [2.45, 2.75) is 12.6 Å². The lowest BCUT2D eigenvalue weighted by molar-refractivity contribution is -0.138. The van der Waals surface area contributed by atoms with E-state index in [2.05, 4.69) is 6.58 Å². The molecule has 1 N–H and O–H groups in total. The van der Waals surface area contributed by atoms with E-state index in [0.29, 0.717) is 12.1 Å². The number of rotatable bonds is 2. The first kappa shape index (κ1) is 11.6. The van der Waals surface area contributed by atoms with E-state index in [0.717, 1.165) is 0 Å². The summed E-state index contributed by atoms with van der Waals surface area (Å²) >= 11 is 0. The molecule has 5 heteroatoms. The summed E-state index contributed by atoms with van der Waals surface area (Å²) in [5, 5.41) is 9.15. The van der Waals surface area contributed by atoms with Crippen LogP contribution in [0.25, 0.3) is 0 Å². The number of phenols is 1. The first-order valence-corrected chi connectivity index (χ1v) is 4.06. The van der Waals surface area contributed by atoms with Crippen molar-refractivity contribution in [3.63, 3.8) is 0 Å². The van der Waals surface area contributed by atoms with Crippen LogP contribution in [0.2, 0.25) is 0 Å². The molecule has 0 saturated carbocycles. The van der Waals surface area contributed by atoms with Gasteiger partial charge >= 0.3 is 6.18 Å². The van der Waals surface area contributed by atoms with Gasteiger partial charge in [-0.25, -0.2) is 4.39 Å². The van der Waals surface area contributed by atoms with Gasteiger partial charge in [-0.05, 0) is 18.6 Å². The number of aromatic hydroxyl groups is 1. The van der Waals surface area contributed by atoms with E-state index in [1.54, 1.807) is 0 Å². The van der Waals surface area contributed by atoms with Gasteiger partial charge in [-0.3, -0.25) is 0 Å². The molecule has 0 fully saturated rings. The molecule has 0 aliphatic rings. The third-order valence-corrected chi connectivity index (χ3v) is 1.89. The summed E-state index contributed by atoms with van der Waals surface area (Å²) in [6, 6.07) is 1.19. The summed E-state index contributed by atoms with van der Waals surface area (Å²) < 4.78 is 50.1. The van der Waals surface area contributed by atoms with Crippen LogP contribution in [0.5, 0.6) is 5.75 Å². The highest BCUT2D eigenvalue weighted by Gasteiger charge is 2.34. The summed E-state index contributed by atoms with van der Waals surface area (Å²) in [5.41, 5.74) is -1.53. The van der Waals surface area contributed by atoms with Gasteiger partial charge in [0.2, 0.25) is 0 Å². The fraction of sp³-hybridized carbons (Fsp3) is 0.200. The van der Waals surface area contributed by atoms with Gasteiger partial charge in [0, 0.05) is 5.56 Å². The molecular formula is C10H8F4O. The van der Waals surface area contributed by atoms with Crippen LogP contribution < -0.4 is 0 Å². The Labute approximate surface area is 83.7 Å². The van der Waals surface area contributed by atoms with Crippen molar-refractivity contribution in [2.24, 2.45) is 0 Å². The Morgan fingerprint density at radius 1 is 1.33 bits per heavy atom. The highest BCUT2D eigenvalue weighted by atomic mass is 19.4. The van der Waals surface area contributed by atoms with Gasteiger partial charge < -0.3 is 5.11 Å². The van der Waals surface area contributed by atoms with E-state index >= 15 is 0 Å². The third-order valence-electron chi connectivity index (χ3n) is 1.89. The molecule has 0 aliphatic carbocycles. The van der Waals surface area contributed by atoms with Crippen LogP contribution >= 0.6 is 0 Å². The van der Waals surface area contributed by atoms with Crippen molar-refractivity contribution in [3.8, 4) is 5.75 Å². The topological polar surface area (TPSA) is 20.2 Å². The highest BCUT2D eigenvalue weighted by molar-refractivity contribution is 5.43. The smallest absolute Gasteiger partial charge is 0.416 e. The van der Waals surface area contributed by atoms with Crippen molar-refractivity contribution in [1.82, 2.24) is 0 Å². The fourth-order valence-electron chi connectivity index (χ4n) is 1.22. The zero-order chi connectivity index (χ0) is 11.6. The lowest BCUT2D eigenvalue weighted by atomic mass is 10.0. The minimum atomic E-state index is -4.61. The van der Waals surface area contributed by atoms with Crippen LogP contribution in [0, 0.1) is 5.82 Å². The van der Waals surface area contributed by atoms with Crippen LogP contribution in [-0.2, 0) is 12.6 Å². The van der Waals surface area contributed by atoms with Crippen molar-refractivity contribution in [1.29, 1.82) is 0 Å². The molecule has 1 aromatic rings. The maximum absolute atomic E-state index is 12.8. The van der Waals surface area contributed by atoms with E-state index in [1.807, 2.05) is 0 Å². The zero-order valence-corrected chi connectivity index (χ0v) is 7.61. The van der Waals surface area contributed by atoms with E-state index in [4.69, 9.17) is 5.11 Å². The van der Waals surface area contributed by atoms with E-state index in [1.165, 1.54) is 6.08 Å². The molecule has 0 saturated heterocycles. The second-order valence-electron chi connectivity index (χ2n) is 2.91. The quantitative estimate of drug-likeness (QED) is 0.599. The Hall–Kier alpha value is -1.52. The summed E-state index contributed by atoms with van der Waals surface area (Å²) in [6.45, 7) is 3.25. The van der Waals surface area contributed by atoms with Gasteiger partial charge in [0.15, 0.2) is 11.6 Å². The Morgan fingerprint density at radius 2 is 1.93 bits per heavy atom. The Bertz CT molecular complexity index is 382. The number of halogens is 4. The van der Waals surface area contributed by atoms with Crippen molar-refractivity contribution >= 4 is 0 Å². The van der Waals surface area contributed by atoms with Crippen LogP contribution in [0.3, 0.4) is 0 Å². The first-order chi connectivity index (χ1) is 6.88.